The Kier molecular flexibility index (Phi) is 4.32. The first-order chi connectivity index (χ1) is 8.56. The van der Waals surface area contributed by atoms with Gasteiger partial charge in [-0.25, -0.2) is 17.9 Å². The second-order valence-electron chi connectivity index (χ2n) is 4.91. The Labute approximate surface area is 112 Å². The highest BCUT2D eigenvalue weighted by Gasteiger charge is 2.25. The minimum absolute atomic E-state index is 0.0653. The van der Waals surface area contributed by atoms with Crippen molar-refractivity contribution in [2.24, 2.45) is 10.6 Å². The van der Waals surface area contributed by atoms with E-state index in [1.54, 1.807) is 13.8 Å². The van der Waals surface area contributed by atoms with Crippen LogP contribution in [-0.2, 0) is 14.8 Å². The van der Waals surface area contributed by atoms with Crippen molar-refractivity contribution in [3.8, 4) is 0 Å². The highest BCUT2D eigenvalue weighted by atomic mass is 32.2. The Balaban J connectivity index is 3.10. The molecule has 0 unspecified atom stereocenters. The molecule has 0 saturated carbocycles. The lowest BCUT2D eigenvalue weighted by atomic mass is 9.89. The van der Waals surface area contributed by atoms with Crippen LogP contribution in [0.3, 0.4) is 0 Å². The topological polar surface area (TPSA) is 89.3 Å². The average Bonchev–Trinajstić information content (AvgIpc) is 2.27. The van der Waals surface area contributed by atoms with Gasteiger partial charge in [0.1, 0.15) is 5.82 Å². The molecule has 0 aliphatic carbocycles. The van der Waals surface area contributed by atoms with Crippen molar-refractivity contribution in [3.63, 3.8) is 0 Å². The number of hydrogen-bond donors (Lipinski definition) is 2. The molecule has 0 atom stereocenters. The quantitative estimate of drug-likeness (QED) is 0.886. The molecule has 0 saturated heterocycles. The van der Waals surface area contributed by atoms with Crippen LogP contribution in [0.5, 0.6) is 0 Å². The van der Waals surface area contributed by atoms with Crippen molar-refractivity contribution in [2.45, 2.75) is 32.1 Å². The average molecular weight is 288 g/mol. The fourth-order valence-corrected chi connectivity index (χ4v) is 1.83. The maximum atomic E-state index is 13.3. The molecule has 1 rings (SSSR count). The minimum atomic E-state index is -4.02. The van der Waals surface area contributed by atoms with Crippen molar-refractivity contribution in [1.82, 2.24) is 0 Å². The first-order valence-electron chi connectivity index (χ1n) is 5.71. The van der Waals surface area contributed by atoms with Crippen LogP contribution in [0.15, 0.2) is 23.1 Å². The summed E-state index contributed by atoms with van der Waals surface area (Å²) in [5, 5.41) is 7.42. The summed E-state index contributed by atoms with van der Waals surface area (Å²) in [5.41, 5.74) is -0.566. The van der Waals surface area contributed by atoms with Crippen molar-refractivity contribution in [1.29, 1.82) is 0 Å². The summed E-state index contributed by atoms with van der Waals surface area (Å²) in [6, 6.07) is 2.97. The number of sulfonamides is 1. The van der Waals surface area contributed by atoms with E-state index in [0.717, 1.165) is 18.2 Å². The van der Waals surface area contributed by atoms with Gasteiger partial charge in [0.15, 0.2) is 0 Å². The van der Waals surface area contributed by atoms with Gasteiger partial charge in [-0.15, -0.1) is 0 Å². The fourth-order valence-electron chi connectivity index (χ4n) is 1.26. The number of anilines is 1. The monoisotopic (exact) mass is 288 g/mol. The largest absolute Gasteiger partial charge is 0.325 e. The summed E-state index contributed by atoms with van der Waals surface area (Å²) in [4.78, 5) is 11.5. The van der Waals surface area contributed by atoms with E-state index in [0.29, 0.717) is 6.42 Å². The van der Waals surface area contributed by atoms with Crippen molar-refractivity contribution in [2.75, 3.05) is 5.32 Å². The maximum Gasteiger partial charge on any atom is 0.238 e. The molecule has 106 valence electrons. The molecule has 1 aromatic carbocycles. The van der Waals surface area contributed by atoms with Gasteiger partial charge in [-0.1, -0.05) is 20.8 Å². The number of hydrogen-bond acceptors (Lipinski definition) is 3. The molecule has 19 heavy (non-hydrogen) atoms. The first kappa shape index (κ1) is 15.6. The number of primary sulfonamides is 1. The molecule has 0 spiro atoms. The maximum absolute atomic E-state index is 13.3. The van der Waals surface area contributed by atoms with Gasteiger partial charge in [0, 0.05) is 11.1 Å². The second-order valence-corrected chi connectivity index (χ2v) is 6.47. The molecule has 0 heterocycles. The Bertz CT molecular complexity index is 597. The summed E-state index contributed by atoms with van der Waals surface area (Å²) in [6.45, 7) is 5.32. The van der Waals surface area contributed by atoms with E-state index in [4.69, 9.17) is 5.14 Å². The summed E-state index contributed by atoms with van der Waals surface area (Å²) < 4.78 is 35.7. The summed E-state index contributed by atoms with van der Waals surface area (Å²) in [6.07, 6.45) is 0.593. The van der Waals surface area contributed by atoms with E-state index < -0.39 is 21.3 Å². The van der Waals surface area contributed by atoms with Crippen LogP contribution >= 0.6 is 0 Å². The lowest BCUT2D eigenvalue weighted by Gasteiger charge is -2.21. The summed E-state index contributed by atoms with van der Waals surface area (Å²) in [7, 11) is -4.02. The highest BCUT2D eigenvalue weighted by molar-refractivity contribution is 7.89. The standard InChI is InChI=1S/C12H17FN2O3S/c1-4-12(2,3)11(16)15-9-5-8(13)6-10(7-9)19(14,17)18/h5-7H,4H2,1-3H3,(H,15,16)(H2,14,17,18). The normalized spacial score (nSPS) is 12.3. The molecule has 7 heteroatoms. The zero-order valence-corrected chi connectivity index (χ0v) is 11.8. The molecule has 0 aromatic heterocycles. The van der Waals surface area contributed by atoms with Gasteiger partial charge in [0.05, 0.1) is 4.90 Å². The molecule has 0 bridgehead atoms. The molecule has 0 aliphatic heterocycles. The summed E-state index contributed by atoms with van der Waals surface area (Å²) >= 11 is 0. The predicted octanol–water partition coefficient (Wildman–Crippen LogP) is 1.85. The van der Waals surface area contributed by atoms with E-state index >= 15 is 0 Å². The van der Waals surface area contributed by atoms with Gasteiger partial charge in [-0.3, -0.25) is 4.79 Å². The predicted molar refractivity (Wildman–Crippen MR) is 70.5 cm³/mol. The lowest BCUT2D eigenvalue weighted by Crippen LogP contribution is -2.30. The van der Waals surface area contributed by atoms with E-state index in [1.165, 1.54) is 0 Å². The number of nitrogens with one attached hydrogen (secondary N) is 1. The minimum Gasteiger partial charge on any atom is -0.325 e. The van der Waals surface area contributed by atoms with Gasteiger partial charge < -0.3 is 5.32 Å². The van der Waals surface area contributed by atoms with Crippen LogP contribution in [-0.4, -0.2) is 14.3 Å². The van der Waals surface area contributed by atoms with Crippen molar-refractivity contribution in [3.05, 3.63) is 24.0 Å². The van der Waals surface area contributed by atoms with Crippen LogP contribution in [0.1, 0.15) is 27.2 Å². The van der Waals surface area contributed by atoms with Crippen LogP contribution in [0.4, 0.5) is 10.1 Å². The molecular formula is C12H17FN2O3S. The van der Waals surface area contributed by atoms with E-state index in [-0.39, 0.29) is 16.5 Å². The molecular weight excluding hydrogens is 271 g/mol. The third-order valence-electron chi connectivity index (χ3n) is 2.96. The number of halogens is 1. The molecule has 0 fully saturated rings. The third kappa shape index (κ3) is 4.00. The van der Waals surface area contributed by atoms with Gasteiger partial charge in [-0.2, -0.15) is 0 Å². The number of carbonyl (C=O) groups excluding carboxylic acids is 1. The molecule has 1 amide bonds. The number of amides is 1. The lowest BCUT2D eigenvalue weighted by molar-refractivity contribution is -0.124. The Morgan fingerprint density at radius 3 is 2.42 bits per heavy atom. The second kappa shape index (κ2) is 5.26. The van der Waals surface area contributed by atoms with Crippen LogP contribution in [0, 0.1) is 11.2 Å². The van der Waals surface area contributed by atoms with Crippen LogP contribution in [0.25, 0.3) is 0 Å². The van der Waals surface area contributed by atoms with Crippen molar-refractivity contribution < 1.29 is 17.6 Å². The van der Waals surface area contributed by atoms with E-state index in [1.807, 2.05) is 6.92 Å². The zero-order valence-electron chi connectivity index (χ0n) is 11.0. The van der Waals surface area contributed by atoms with Crippen LogP contribution < -0.4 is 10.5 Å². The number of benzene rings is 1. The first-order valence-corrected chi connectivity index (χ1v) is 7.26. The SMILES string of the molecule is CCC(C)(C)C(=O)Nc1cc(F)cc(S(N)(=O)=O)c1. The molecule has 0 radical (unpaired) electrons. The molecule has 5 nitrogen and oxygen atoms in total. The Hall–Kier alpha value is -1.47. The Morgan fingerprint density at radius 1 is 1.37 bits per heavy atom. The molecule has 0 aliphatic rings. The van der Waals surface area contributed by atoms with Gasteiger partial charge in [-0.05, 0) is 24.6 Å². The Morgan fingerprint density at radius 2 is 1.95 bits per heavy atom. The molecule has 1 aromatic rings. The van der Waals surface area contributed by atoms with E-state index in [9.17, 15) is 17.6 Å². The van der Waals surface area contributed by atoms with Crippen LogP contribution in [0.2, 0.25) is 0 Å². The fraction of sp³-hybridized carbons (Fsp3) is 0.417. The van der Waals surface area contributed by atoms with Gasteiger partial charge >= 0.3 is 0 Å². The van der Waals surface area contributed by atoms with Crippen molar-refractivity contribution >= 4 is 21.6 Å². The highest BCUT2D eigenvalue weighted by Crippen LogP contribution is 2.24. The zero-order chi connectivity index (χ0) is 14.8. The third-order valence-corrected chi connectivity index (χ3v) is 3.85. The number of nitrogens with two attached hydrogens (primary N) is 1. The molecule has 3 N–H and O–H groups in total. The van der Waals surface area contributed by atoms with Gasteiger partial charge in [0.25, 0.3) is 0 Å². The van der Waals surface area contributed by atoms with E-state index in [2.05, 4.69) is 5.32 Å². The summed E-state index contributed by atoms with van der Waals surface area (Å²) in [5.74, 6) is -1.10. The number of rotatable bonds is 4. The van der Waals surface area contributed by atoms with Gasteiger partial charge in [0.2, 0.25) is 15.9 Å². The smallest absolute Gasteiger partial charge is 0.238 e. The number of carbonyl (C=O) groups is 1.